The van der Waals surface area contributed by atoms with Crippen molar-refractivity contribution in [3.63, 3.8) is 0 Å². The minimum Gasteiger partial charge on any atom is -0.496 e. The molecule has 2 radical (unpaired) electrons. The third kappa shape index (κ3) is 4.22. The van der Waals surface area contributed by atoms with E-state index in [0.29, 0.717) is 5.75 Å². The third-order valence-corrected chi connectivity index (χ3v) is 3.09. The van der Waals surface area contributed by atoms with Gasteiger partial charge in [0.1, 0.15) is 5.75 Å². The summed E-state index contributed by atoms with van der Waals surface area (Å²) in [6.07, 6.45) is 1.10. The summed E-state index contributed by atoms with van der Waals surface area (Å²) in [5, 5.41) is 0. The first-order valence-electron chi connectivity index (χ1n) is 4.83. The van der Waals surface area contributed by atoms with Crippen molar-refractivity contribution in [3.05, 3.63) is 23.8 Å². The lowest BCUT2D eigenvalue weighted by Gasteiger charge is -2.07. The largest absolute Gasteiger partial charge is 0.496 e. The monoisotopic (exact) mass is 254 g/mol. The van der Waals surface area contributed by atoms with Crippen molar-refractivity contribution in [2.24, 2.45) is 0 Å². The lowest BCUT2D eigenvalue weighted by atomic mass is 10.1. The molecule has 92 valence electrons. The van der Waals surface area contributed by atoms with Gasteiger partial charge in [-0.05, 0) is 25.1 Å². The molecule has 6 heteroatoms. The van der Waals surface area contributed by atoms with Crippen LogP contribution in [-0.2, 0) is 9.84 Å². The number of carbonyl (C=O) groups excluding carboxylic acids is 1. The number of hydrogen-bond acceptors (Lipinski definition) is 4. The molecule has 17 heavy (non-hydrogen) atoms. The average Bonchev–Trinajstić information content (AvgIpc) is 2.29. The Bertz CT molecular complexity index is 494. The van der Waals surface area contributed by atoms with Gasteiger partial charge in [-0.3, -0.25) is 4.79 Å². The molecule has 0 aliphatic carbocycles. The second-order valence-corrected chi connectivity index (χ2v) is 5.21. The molecule has 0 bridgehead atoms. The van der Waals surface area contributed by atoms with Gasteiger partial charge in [0, 0.05) is 6.26 Å². The minimum atomic E-state index is -3.29. The van der Waals surface area contributed by atoms with E-state index in [0.717, 1.165) is 6.26 Å². The van der Waals surface area contributed by atoms with E-state index < -0.39 is 9.84 Å². The molecular formula is C11H15BO4S. The van der Waals surface area contributed by atoms with Gasteiger partial charge in [0.15, 0.2) is 15.6 Å². The summed E-state index contributed by atoms with van der Waals surface area (Å²) in [5.41, 5.74) is 0.278. The number of benzene rings is 1. The summed E-state index contributed by atoms with van der Waals surface area (Å²) >= 11 is 0. The van der Waals surface area contributed by atoms with E-state index in [1.165, 1.54) is 39.1 Å². The number of rotatable bonds is 3. The van der Waals surface area contributed by atoms with Crippen LogP contribution in [-0.4, -0.2) is 35.4 Å². The van der Waals surface area contributed by atoms with Crippen molar-refractivity contribution in [2.45, 2.75) is 18.6 Å². The molecule has 0 heterocycles. The maximum Gasteiger partial charge on any atom is 0.175 e. The number of methoxy groups -OCH3 is 1. The normalized spacial score (nSPS) is 10.1. The number of hydrogen-bond donors (Lipinski definition) is 0. The van der Waals surface area contributed by atoms with E-state index in [4.69, 9.17) is 4.74 Å². The van der Waals surface area contributed by atoms with Gasteiger partial charge in [0.2, 0.25) is 0 Å². The molecule has 1 aromatic rings. The van der Waals surface area contributed by atoms with Crippen LogP contribution in [0.2, 0.25) is 6.82 Å². The Morgan fingerprint density at radius 1 is 1.29 bits per heavy atom. The Balaban J connectivity index is 0.00000121. The van der Waals surface area contributed by atoms with Crippen molar-refractivity contribution in [2.75, 3.05) is 13.4 Å². The Morgan fingerprint density at radius 2 is 1.82 bits per heavy atom. The topological polar surface area (TPSA) is 60.4 Å². The highest BCUT2D eigenvalue weighted by molar-refractivity contribution is 7.90. The zero-order valence-electron chi connectivity index (χ0n) is 10.4. The van der Waals surface area contributed by atoms with Gasteiger partial charge in [-0.25, -0.2) is 8.42 Å². The van der Waals surface area contributed by atoms with Gasteiger partial charge in [-0.15, -0.1) is 0 Å². The molecule has 4 nitrogen and oxygen atoms in total. The number of ketones is 1. The number of sulfone groups is 1. The first-order valence-corrected chi connectivity index (χ1v) is 6.72. The summed E-state index contributed by atoms with van der Waals surface area (Å²) in [7, 11) is 2.64. The Hall–Kier alpha value is -1.30. The number of Topliss-reactive ketones (excluding diaryl/α,β-unsaturated/α-hetero) is 1. The van der Waals surface area contributed by atoms with Crippen molar-refractivity contribution < 1.29 is 17.9 Å². The Labute approximate surface area is 103 Å². The second kappa shape index (κ2) is 6.44. The molecule has 1 aromatic carbocycles. The summed E-state index contributed by atoms with van der Waals surface area (Å²) in [6.45, 7) is 2.86. The van der Waals surface area contributed by atoms with Gasteiger partial charge in [-0.1, -0.05) is 6.82 Å². The predicted molar refractivity (Wildman–Crippen MR) is 67.7 cm³/mol. The Kier molecular flexibility index (Phi) is 5.95. The minimum absolute atomic E-state index is 0.119. The summed E-state index contributed by atoms with van der Waals surface area (Å²) in [4.78, 5) is 11.3. The second-order valence-electron chi connectivity index (χ2n) is 3.19. The molecule has 0 aliphatic rings. The van der Waals surface area contributed by atoms with Gasteiger partial charge in [0.25, 0.3) is 0 Å². The highest BCUT2D eigenvalue weighted by Gasteiger charge is 2.13. The summed E-state index contributed by atoms with van der Waals surface area (Å²) in [5.74, 6) is 0.159. The lowest BCUT2D eigenvalue weighted by Crippen LogP contribution is -2.02. The molecule has 0 aliphatic heterocycles. The van der Waals surface area contributed by atoms with Crippen LogP contribution in [0.5, 0.6) is 5.75 Å². The van der Waals surface area contributed by atoms with Crippen LogP contribution in [0.25, 0.3) is 0 Å². The smallest absolute Gasteiger partial charge is 0.175 e. The van der Waals surface area contributed by atoms with Crippen molar-refractivity contribution in [1.82, 2.24) is 0 Å². The maximum absolute atomic E-state index is 11.3. The van der Waals surface area contributed by atoms with Gasteiger partial charge < -0.3 is 4.74 Å². The van der Waals surface area contributed by atoms with E-state index in [2.05, 4.69) is 7.85 Å². The fourth-order valence-electron chi connectivity index (χ4n) is 1.19. The standard InChI is InChI=1S/C10H12O4S.CH3B/c1-7(11)9-6-8(15(3,12)13)4-5-10(9)14-2;1-2/h4-6H,1-3H3;1H3. The van der Waals surface area contributed by atoms with Crippen molar-refractivity contribution in [1.29, 1.82) is 0 Å². The van der Waals surface area contributed by atoms with E-state index >= 15 is 0 Å². The quantitative estimate of drug-likeness (QED) is 0.605. The van der Waals surface area contributed by atoms with Crippen LogP contribution in [0.1, 0.15) is 17.3 Å². The molecule has 0 N–H and O–H groups in total. The molecule has 0 saturated heterocycles. The Morgan fingerprint density at radius 3 is 2.18 bits per heavy atom. The van der Waals surface area contributed by atoms with Gasteiger partial charge in [-0.2, -0.15) is 0 Å². The van der Waals surface area contributed by atoms with E-state index in [1.807, 2.05) is 0 Å². The SMILES string of the molecule is COc1ccc(S(C)(=O)=O)cc1C(C)=O.[B]C. The summed E-state index contributed by atoms with van der Waals surface area (Å²) < 4.78 is 27.5. The van der Waals surface area contributed by atoms with Crippen LogP contribution >= 0.6 is 0 Å². The van der Waals surface area contributed by atoms with Crippen LogP contribution in [0.15, 0.2) is 23.1 Å². The first-order chi connectivity index (χ1) is 7.86. The van der Waals surface area contributed by atoms with Gasteiger partial charge in [0.05, 0.1) is 25.4 Å². The molecule has 0 aromatic heterocycles. The predicted octanol–water partition coefficient (Wildman–Crippen LogP) is 1.50. The molecule has 0 atom stereocenters. The van der Waals surface area contributed by atoms with E-state index in [-0.39, 0.29) is 16.2 Å². The van der Waals surface area contributed by atoms with E-state index in [9.17, 15) is 13.2 Å². The van der Waals surface area contributed by atoms with Crippen molar-refractivity contribution >= 4 is 23.5 Å². The highest BCUT2D eigenvalue weighted by atomic mass is 32.2. The fourth-order valence-corrected chi connectivity index (χ4v) is 1.84. The molecule has 0 unspecified atom stereocenters. The fraction of sp³-hybridized carbons (Fsp3) is 0.364. The van der Waals surface area contributed by atoms with E-state index in [1.54, 1.807) is 0 Å². The van der Waals surface area contributed by atoms with Gasteiger partial charge >= 0.3 is 0 Å². The van der Waals surface area contributed by atoms with Crippen LogP contribution in [0.3, 0.4) is 0 Å². The van der Waals surface area contributed by atoms with Crippen molar-refractivity contribution in [3.8, 4) is 5.75 Å². The molecule has 0 saturated carbocycles. The zero-order chi connectivity index (χ0) is 13.6. The summed E-state index contributed by atoms with van der Waals surface area (Å²) in [6, 6.07) is 4.23. The zero-order valence-corrected chi connectivity index (χ0v) is 11.2. The first kappa shape index (κ1) is 15.7. The van der Waals surface area contributed by atoms with Crippen LogP contribution in [0.4, 0.5) is 0 Å². The van der Waals surface area contributed by atoms with Crippen LogP contribution < -0.4 is 4.74 Å². The molecule has 0 amide bonds. The molecule has 0 spiro atoms. The highest BCUT2D eigenvalue weighted by Crippen LogP contribution is 2.22. The van der Waals surface area contributed by atoms with Crippen LogP contribution in [0, 0.1) is 0 Å². The number of ether oxygens (including phenoxy) is 1. The third-order valence-electron chi connectivity index (χ3n) is 1.98. The average molecular weight is 254 g/mol. The number of carbonyl (C=O) groups is 1. The molecular weight excluding hydrogens is 239 g/mol. The molecule has 0 fully saturated rings. The maximum atomic E-state index is 11.3. The lowest BCUT2D eigenvalue weighted by molar-refractivity contribution is 0.101. The molecule has 1 rings (SSSR count).